The number of hydrogen-bond acceptors (Lipinski definition) is 3. The van der Waals surface area contributed by atoms with Crippen LogP contribution in [0.2, 0.25) is 0 Å². The molecule has 1 amide bonds. The van der Waals surface area contributed by atoms with E-state index in [1.807, 2.05) is 13.0 Å². The number of unbranched alkanes of at least 4 members (excludes halogenated alkanes) is 2. The first-order chi connectivity index (χ1) is 9.16. The Hall–Kier alpha value is -1.13. The molecule has 0 unspecified atom stereocenters. The van der Waals surface area contributed by atoms with Gasteiger partial charge in [-0.05, 0) is 6.42 Å². The van der Waals surface area contributed by atoms with Crippen LogP contribution in [0.3, 0.4) is 0 Å². The van der Waals surface area contributed by atoms with Crippen molar-refractivity contribution >= 4 is 5.91 Å². The fraction of sp³-hybridized carbons (Fsp3) is 0.667. The number of carbonyl (C=O) groups excluding carboxylic acids is 1. The maximum atomic E-state index is 11.6. The van der Waals surface area contributed by atoms with Gasteiger partial charge in [0.2, 0.25) is 5.91 Å². The lowest BCUT2D eigenvalue weighted by atomic mass is 9.92. The Morgan fingerprint density at radius 3 is 2.74 bits per heavy atom. The molecule has 0 radical (unpaired) electrons. The van der Waals surface area contributed by atoms with Crippen molar-refractivity contribution in [2.45, 2.75) is 33.1 Å². The van der Waals surface area contributed by atoms with E-state index >= 15 is 0 Å². The van der Waals surface area contributed by atoms with Gasteiger partial charge in [0.25, 0.3) is 0 Å². The summed E-state index contributed by atoms with van der Waals surface area (Å²) in [6.07, 6.45) is 10.8. The summed E-state index contributed by atoms with van der Waals surface area (Å²) >= 11 is 0. The minimum absolute atomic E-state index is 0.0769. The van der Waals surface area contributed by atoms with Gasteiger partial charge in [-0.1, -0.05) is 44.9 Å². The molecule has 0 aliphatic carbocycles. The highest BCUT2D eigenvalue weighted by Gasteiger charge is 2.28. The number of allylic oxidation sites excluding steroid dienone is 3. The Morgan fingerprint density at radius 2 is 2.05 bits per heavy atom. The van der Waals surface area contributed by atoms with Crippen LogP contribution < -0.4 is 5.32 Å². The van der Waals surface area contributed by atoms with Crippen molar-refractivity contribution in [2.24, 2.45) is 5.41 Å². The topological polar surface area (TPSA) is 47.6 Å². The Balaban J connectivity index is 2.19. The van der Waals surface area contributed by atoms with Crippen molar-refractivity contribution in [2.75, 3.05) is 26.6 Å². The fourth-order valence-corrected chi connectivity index (χ4v) is 1.78. The molecule has 0 saturated carbocycles. The Bertz CT molecular complexity index is 317. The first kappa shape index (κ1) is 15.9. The van der Waals surface area contributed by atoms with E-state index in [-0.39, 0.29) is 11.3 Å². The molecule has 0 aromatic carbocycles. The Labute approximate surface area is 115 Å². The number of hydrogen-bond donors (Lipinski definition) is 1. The van der Waals surface area contributed by atoms with Crippen LogP contribution in [0.15, 0.2) is 24.3 Å². The molecule has 1 fully saturated rings. The average Bonchev–Trinajstić information content (AvgIpc) is 2.41. The van der Waals surface area contributed by atoms with Gasteiger partial charge in [-0.2, -0.15) is 0 Å². The standard InChI is InChI=1S/C15H25NO3/c1-3-4-5-6-7-8-9-14(17)16-10-15(2)11-18-13-19-12-15/h6-9H,3-5,10-13H2,1-2H3,(H,16,17). The van der Waals surface area contributed by atoms with E-state index in [1.165, 1.54) is 12.8 Å². The Kier molecular flexibility index (Phi) is 7.45. The third-order valence-corrected chi connectivity index (χ3v) is 2.98. The average molecular weight is 267 g/mol. The molecule has 0 bridgehead atoms. The molecule has 1 rings (SSSR count). The summed E-state index contributed by atoms with van der Waals surface area (Å²) in [6, 6.07) is 0. The lowest BCUT2D eigenvalue weighted by Crippen LogP contribution is -2.44. The lowest BCUT2D eigenvalue weighted by molar-refractivity contribution is -0.158. The highest BCUT2D eigenvalue weighted by molar-refractivity contribution is 5.87. The highest BCUT2D eigenvalue weighted by atomic mass is 16.7. The van der Waals surface area contributed by atoms with Crippen molar-refractivity contribution in [1.29, 1.82) is 0 Å². The number of rotatable bonds is 7. The number of ether oxygens (including phenoxy) is 2. The van der Waals surface area contributed by atoms with E-state index in [9.17, 15) is 4.79 Å². The summed E-state index contributed by atoms with van der Waals surface area (Å²) in [5, 5.41) is 2.88. The zero-order chi connectivity index (χ0) is 14.0. The second kappa shape index (κ2) is 8.88. The third-order valence-electron chi connectivity index (χ3n) is 2.98. The molecule has 1 aliphatic heterocycles. The van der Waals surface area contributed by atoms with Gasteiger partial charge in [0.15, 0.2) is 0 Å². The maximum Gasteiger partial charge on any atom is 0.243 e. The van der Waals surface area contributed by atoms with Gasteiger partial charge in [0.05, 0.1) is 13.2 Å². The van der Waals surface area contributed by atoms with Gasteiger partial charge >= 0.3 is 0 Å². The first-order valence-corrected chi connectivity index (χ1v) is 6.93. The summed E-state index contributed by atoms with van der Waals surface area (Å²) in [7, 11) is 0. The molecule has 4 nitrogen and oxygen atoms in total. The van der Waals surface area contributed by atoms with E-state index in [1.54, 1.807) is 12.2 Å². The molecule has 0 spiro atoms. The molecule has 0 aromatic heterocycles. The van der Waals surface area contributed by atoms with Crippen LogP contribution >= 0.6 is 0 Å². The molecule has 4 heteroatoms. The van der Waals surface area contributed by atoms with Crippen LogP contribution in [0.5, 0.6) is 0 Å². The van der Waals surface area contributed by atoms with Crippen LogP contribution in [0.1, 0.15) is 33.1 Å². The predicted molar refractivity (Wildman–Crippen MR) is 75.7 cm³/mol. The van der Waals surface area contributed by atoms with E-state index in [0.29, 0.717) is 26.6 Å². The summed E-state index contributed by atoms with van der Waals surface area (Å²) in [5.41, 5.74) is -0.126. The third kappa shape index (κ3) is 7.13. The zero-order valence-electron chi connectivity index (χ0n) is 12.0. The first-order valence-electron chi connectivity index (χ1n) is 6.93. The molecule has 1 aliphatic rings. The largest absolute Gasteiger partial charge is 0.355 e. The number of carbonyl (C=O) groups is 1. The lowest BCUT2D eigenvalue weighted by Gasteiger charge is -2.32. The van der Waals surface area contributed by atoms with E-state index in [0.717, 1.165) is 6.42 Å². The second-order valence-electron chi connectivity index (χ2n) is 5.27. The molecule has 19 heavy (non-hydrogen) atoms. The summed E-state index contributed by atoms with van der Waals surface area (Å²) in [6.45, 7) is 6.36. The molecule has 1 heterocycles. The van der Waals surface area contributed by atoms with Gasteiger partial charge < -0.3 is 14.8 Å². The SMILES string of the molecule is CCCCC=CC=CC(=O)NCC1(C)COCOC1. The smallest absolute Gasteiger partial charge is 0.243 e. The molecule has 1 saturated heterocycles. The van der Waals surface area contributed by atoms with Crippen molar-refractivity contribution in [3.05, 3.63) is 24.3 Å². The molecular formula is C15H25NO3. The molecule has 1 N–H and O–H groups in total. The van der Waals surface area contributed by atoms with Crippen LogP contribution in [-0.2, 0) is 14.3 Å². The van der Waals surface area contributed by atoms with E-state index in [4.69, 9.17) is 9.47 Å². The van der Waals surface area contributed by atoms with Gasteiger partial charge in [0, 0.05) is 18.0 Å². The molecule has 108 valence electrons. The normalized spacial score (nSPS) is 19.1. The van der Waals surface area contributed by atoms with Crippen molar-refractivity contribution in [1.82, 2.24) is 5.32 Å². The monoisotopic (exact) mass is 267 g/mol. The summed E-state index contributed by atoms with van der Waals surface area (Å²) in [5.74, 6) is -0.0769. The maximum absolute atomic E-state index is 11.6. The van der Waals surface area contributed by atoms with E-state index in [2.05, 4.69) is 18.3 Å². The molecular weight excluding hydrogens is 242 g/mol. The van der Waals surface area contributed by atoms with Gasteiger partial charge in [-0.3, -0.25) is 4.79 Å². The highest BCUT2D eigenvalue weighted by Crippen LogP contribution is 2.19. The second-order valence-corrected chi connectivity index (χ2v) is 5.27. The van der Waals surface area contributed by atoms with Crippen molar-refractivity contribution in [3.63, 3.8) is 0 Å². The zero-order valence-corrected chi connectivity index (χ0v) is 12.0. The predicted octanol–water partition coefficient (Wildman–Crippen LogP) is 2.42. The van der Waals surface area contributed by atoms with Crippen molar-refractivity contribution in [3.8, 4) is 0 Å². The van der Waals surface area contributed by atoms with Gasteiger partial charge in [0.1, 0.15) is 6.79 Å². The minimum Gasteiger partial charge on any atom is -0.355 e. The van der Waals surface area contributed by atoms with Gasteiger partial charge in [-0.15, -0.1) is 0 Å². The summed E-state index contributed by atoms with van der Waals surface area (Å²) < 4.78 is 10.5. The van der Waals surface area contributed by atoms with Gasteiger partial charge in [-0.25, -0.2) is 0 Å². The van der Waals surface area contributed by atoms with Crippen LogP contribution in [-0.4, -0.2) is 32.5 Å². The quantitative estimate of drug-likeness (QED) is 0.438. The number of nitrogens with one attached hydrogen (secondary N) is 1. The van der Waals surface area contributed by atoms with E-state index < -0.39 is 0 Å². The van der Waals surface area contributed by atoms with Crippen LogP contribution in [0.4, 0.5) is 0 Å². The minimum atomic E-state index is -0.126. The van der Waals surface area contributed by atoms with Crippen molar-refractivity contribution < 1.29 is 14.3 Å². The Morgan fingerprint density at radius 1 is 1.32 bits per heavy atom. The van der Waals surface area contributed by atoms with Crippen LogP contribution in [0, 0.1) is 5.41 Å². The molecule has 0 atom stereocenters. The fourth-order valence-electron chi connectivity index (χ4n) is 1.78. The van der Waals surface area contributed by atoms with Crippen LogP contribution in [0.25, 0.3) is 0 Å². The number of amides is 1. The summed E-state index contributed by atoms with van der Waals surface area (Å²) in [4.78, 5) is 11.6. The molecule has 0 aromatic rings.